The average Bonchev–Trinajstić information content (AvgIpc) is 2.86. The Hall–Kier alpha value is -2.30. The van der Waals surface area contributed by atoms with Gasteiger partial charge >= 0.3 is 21.2 Å². The molecular formula is C35H48INO5S. The van der Waals surface area contributed by atoms with Gasteiger partial charge in [-0.15, -0.1) is 0 Å². The Labute approximate surface area is 269 Å². The molecule has 0 aliphatic rings. The molecule has 0 amide bonds. The number of nitrogens with zero attached hydrogens (tertiary/aromatic N) is 1. The zero-order valence-corrected chi connectivity index (χ0v) is 30.7. The maximum atomic E-state index is 11.8. The lowest BCUT2D eigenvalue weighted by Gasteiger charge is -2.24. The molecule has 0 aliphatic carbocycles. The zero-order valence-electron chi connectivity index (χ0n) is 27.7. The summed E-state index contributed by atoms with van der Waals surface area (Å²) in [4.78, 5) is 10.5. The number of hydrogen-bond acceptors (Lipinski definition) is 5. The molecule has 0 bridgehead atoms. The van der Waals surface area contributed by atoms with E-state index in [4.69, 9.17) is 0 Å². The molecule has 236 valence electrons. The lowest BCUT2D eigenvalue weighted by molar-refractivity contribution is -0.597. The van der Waals surface area contributed by atoms with Crippen LogP contribution in [-0.4, -0.2) is 17.9 Å². The number of nitro groups is 1. The van der Waals surface area contributed by atoms with Crippen LogP contribution in [-0.2, 0) is 20.9 Å². The molecule has 3 aromatic rings. The molecule has 0 unspecified atom stereocenters. The van der Waals surface area contributed by atoms with Gasteiger partial charge in [0.25, 0.3) is 5.69 Å². The highest BCUT2D eigenvalue weighted by atomic mass is 127. The zero-order chi connectivity index (χ0) is 33.1. The van der Waals surface area contributed by atoms with Crippen LogP contribution in [0.1, 0.15) is 129 Å². The van der Waals surface area contributed by atoms with Crippen LogP contribution in [0.25, 0.3) is 0 Å². The Morgan fingerprint density at radius 2 is 1.05 bits per heavy atom. The van der Waals surface area contributed by atoms with E-state index in [1.165, 1.54) is 24.3 Å². The van der Waals surface area contributed by atoms with Crippen LogP contribution in [0.5, 0.6) is 0 Å². The molecule has 0 aromatic heterocycles. The average molecular weight is 722 g/mol. The van der Waals surface area contributed by atoms with E-state index in [9.17, 15) is 23.1 Å². The van der Waals surface area contributed by atoms with Gasteiger partial charge in [-0.25, -0.2) is 8.42 Å². The molecular weight excluding hydrogens is 673 g/mol. The van der Waals surface area contributed by atoms with Crippen molar-refractivity contribution in [3.05, 3.63) is 99.7 Å². The summed E-state index contributed by atoms with van der Waals surface area (Å²) in [6.45, 7) is 24.1. The molecule has 0 spiro atoms. The largest absolute Gasteiger partial charge is 0.744 e. The third-order valence-corrected chi connectivity index (χ3v) is 10.9. The van der Waals surface area contributed by atoms with Gasteiger partial charge < -0.3 is 4.55 Å². The Morgan fingerprint density at radius 1 is 0.674 bits per heavy atom. The van der Waals surface area contributed by atoms with E-state index in [1.807, 2.05) is 13.8 Å². The van der Waals surface area contributed by atoms with Gasteiger partial charge in [0, 0.05) is 5.56 Å². The summed E-state index contributed by atoms with van der Waals surface area (Å²) in [5, 5.41) is 11.5. The topological polar surface area (TPSA) is 100 Å². The fourth-order valence-electron chi connectivity index (χ4n) is 4.76. The van der Waals surface area contributed by atoms with Crippen molar-refractivity contribution in [3.8, 4) is 0 Å². The van der Waals surface area contributed by atoms with Crippen LogP contribution < -0.4 is 21.2 Å². The predicted molar refractivity (Wildman–Crippen MR) is 171 cm³/mol. The van der Waals surface area contributed by atoms with Gasteiger partial charge in [0.15, 0.2) is 7.14 Å². The van der Waals surface area contributed by atoms with Crippen molar-refractivity contribution in [2.45, 2.75) is 117 Å². The first-order valence-electron chi connectivity index (χ1n) is 14.7. The van der Waals surface area contributed by atoms with Crippen molar-refractivity contribution >= 4 is 15.8 Å². The van der Waals surface area contributed by atoms with Gasteiger partial charge in [0.05, 0.1) is 15.4 Å². The second-order valence-corrected chi connectivity index (χ2v) is 18.3. The highest BCUT2D eigenvalue weighted by Crippen LogP contribution is 2.42. The molecule has 0 N–H and O–H groups in total. The molecule has 43 heavy (non-hydrogen) atoms. The minimum absolute atomic E-state index is 0.0231. The Kier molecular flexibility index (Phi) is 12.2. The summed E-state index contributed by atoms with van der Waals surface area (Å²) in [5.74, 6) is -0.830. The van der Waals surface area contributed by atoms with E-state index in [2.05, 4.69) is 90.1 Å². The molecule has 0 saturated heterocycles. The monoisotopic (exact) mass is 721 g/mol. The Bertz CT molecular complexity index is 1460. The van der Waals surface area contributed by atoms with Crippen molar-refractivity contribution in [1.29, 1.82) is 0 Å². The maximum absolute atomic E-state index is 11.8. The summed E-state index contributed by atoms with van der Waals surface area (Å²) < 4.78 is 38.3. The van der Waals surface area contributed by atoms with Gasteiger partial charge in [-0.1, -0.05) is 107 Å². The minimum atomic E-state index is -4.81. The van der Waals surface area contributed by atoms with Crippen LogP contribution in [0.4, 0.5) is 5.69 Å². The molecule has 0 heterocycles. The lowest BCUT2D eigenvalue weighted by atomic mass is 9.87. The molecule has 3 aromatic carbocycles. The number of benzene rings is 3. The van der Waals surface area contributed by atoms with Gasteiger partial charge in [0.1, 0.15) is 10.1 Å². The summed E-state index contributed by atoms with van der Waals surface area (Å²) in [7, 11) is -4.81. The van der Waals surface area contributed by atoms with Crippen molar-refractivity contribution in [2.75, 3.05) is 0 Å². The second-order valence-electron chi connectivity index (χ2n) is 13.9. The highest BCUT2D eigenvalue weighted by molar-refractivity contribution is 7.85. The fourth-order valence-corrected chi connectivity index (χ4v) is 8.10. The second kappa shape index (κ2) is 14.2. The molecule has 8 heteroatoms. The SMILES string of the molecule is CC(C)(C)c1ccc([I+]c2ccc(C(C)(C)C)cc2)cc1.CC(C)c1cc(C(C)C)c(S(=O)(=O)[O-])c(C(C)C)c1[N+](=O)[O-]. The van der Waals surface area contributed by atoms with Crippen molar-refractivity contribution in [1.82, 2.24) is 0 Å². The predicted octanol–water partition coefficient (Wildman–Crippen LogP) is 6.28. The van der Waals surface area contributed by atoms with E-state index in [-0.39, 0.29) is 55.1 Å². The molecule has 0 saturated carbocycles. The number of hydrogen-bond donors (Lipinski definition) is 0. The van der Waals surface area contributed by atoms with E-state index in [0.717, 1.165) is 0 Å². The summed E-state index contributed by atoms with van der Waals surface area (Å²) >= 11 is -0.0703. The molecule has 0 radical (unpaired) electrons. The van der Waals surface area contributed by atoms with Gasteiger partial charge in [-0.2, -0.15) is 0 Å². The normalized spacial score (nSPS) is 12.5. The minimum Gasteiger partial charge on any atom is -0.744 e. The molecule has 0 atom stereocenters. The van der Waals surface area contributed by atoms with Crippen LogP contribution in [0.15, 0.2) is 59.5 Å². The van der Waals surface area contributed by atoms with Crippen LogP contribution in [0, 0.1) is 17.3 Å². The van der Waals surface area contributed by atoms with Gasteiger partial charge in [0.2, 0.25) is 0 Å². The number of rotatable bonds is 7. The van der Waals surface area contributed by atoms with Crippen LogP contribution in [0.2, 0.25) is 0 Å². The van der Waals surface area contributed by atoms with Crippen molar-refractivity contribution in [3.63, 3.8) is 0 Å². The van der Waals surface area contributed by atoms with E-state index < -0.39 is 25.9 Å². The van der Waals surface area contributed by atoms with E-state index in [1.54, 1.807) is 27.7 Å². The van der Waals surface area contributed by atoms with Gasteiger partial charge in [-0.05, 0) is 75.6 Å². The van der Waals surface area contributed by atoms with E-state index >= 15 is 0 Å². The smallest absolute Gasteiger partial charge is 0.357 e. The van der Waals surface area contributed by atoms with Crippen molar-refractivity contribution < 1.29 is 39.1 Å². The number of nitro benzene ring substituents is 1. The summed E-state index contributed by atoms with van der Waals surface area (Å²) in [5.41, 5.74) is 3.91. The third-order valence-electron chi connectivity index (χ3n) is 7.24. The van der Waals surface area contributed by atoms with Gasteiger partial charge in [-0.3, -0.25) is 10.1 Å². The summed E-state index contributed by atoms with van der Waals surface area (Å²) in [6.07, 6.45) is 0. The molecule has 0 fully saturated rings. The maximum Gasteiger partial charge on any atom is 0.357 e. The quantitative estimate of drug-likeness (QED) is 0.124. The van der Waals surface area contributed by atoms with Crippen LogP contribution >= 0.6 is 0 Å². The molecule has 0 aliphatic heterocycles. The first-order chi connectivity index (χ1) is 19.6. The van der Waals surface area contributed by atoms with Crippen LogP contribution in [0.3, 0.4) is 0 Å². The third kappa shape index (κ3) is 9.85. The number of halogens is 1. The first kappa shape index (κ1) is 36.9. The van der Waals surface area contributed by atoms with E-state index in [0.29, 0.717) is 11.1 Å². The molecule has 6 nitrogen and oxygen atoms in total. The highest BCUT2D eigenvalue weighted by Gasteiger charge is 2.32. The Balaban J connectivity index is 0.000000300. The molecule has 3 rings (SSSR count). The lowest BCUT2D eigenvalue weighted by Crippen LogP contribution is -3.61. The first-order valence-corrected chi connectivity index (χ1v) is 18.3. The standard InChI is InChI=1S/C20H26I.C15H23NO5S/c1-19(2,3)15-7-11-17(12-8-15)21-18-13-9-16(10-14-18)20(4,5)6;1-8(2)11-7-12(9(3)4)15(22(19,20)21)13(10(5)6)14(11)16(17)18/h7-14H,1-6H3;7-10H,1-6H3,(H,19,20,21)/q+1;/p-1. The van der Waals surface area contributed by atoms with Crippen molar-refractivity contribution in [2.24, 2.45) is 0 Å². The summed E-state index contributed by atoms with van der Waals surface area (Å²) in [6, 6.07) is 19.9. The fraction of sp³-hybridized carbons (Fsp3) is 0.486. The Morgan fingerprint density at radius 3 is 1.30 bits per heavy atom.